The normalized spacial score (nSPS) is 16.0. The number of guanidine groups is 1. The molecule has 4 atom stereocenters. The number of phenols is 1. The molecule has 0 saturated carbocycles. The van der Waals surface area contributed by atoms with Gasteiger partial charge in [0.05, 0.1) is 19.1 Å². The van der Waals surface area contributed by atoms with Gasteiger partial charge < -0.3 is 53.8 Å². The highest BCUT2D eigenvalue weighted by molar-refractivity contribution is 5.96. The Hall–Kier alpha value is -4.93. The molecule has 1 aromatic carbocycles. The van der Waals surface area contributed by atoms with Gasteiger partial charge in [-0.1, -0.05) is 26.0 Å². The van der Waals surface area contributed by atoms with Crippen molar-refractivity contribution in [1.82, 2.24) is 31.5 Å². The van der Waals surface area contributed by atoms with Crippen molar-refractivity contribution in [1.29, 1.82) is 5.41 Å². The number of amides is 6. The number of hydrogen-bond donors (Lipinski definition) is 10. The third-order valence-corrected chi connectivity index (χ3v) is 7.39. The van der Waals surface area contributed by atoms with Crippen LogP contribution in [0.1, 0.15) is 51.5 Å². The van der Waals surface area contributed by atoms with Crippen LogP contribution in [0.25, 0.3) is 0 Å². The first-order valence-corrected chi connectivity index (χ1v) is 15.5. The van der Waals surface area contributed by atoms with Crippen LogP contribution in [0.4, 0.5) is 0 Å². The van der Waals surface area contributed by atoms with Gasteiger partial charge in [-0.3, -0.25) is 34.2 Å². The fourth-order valence-electron chi connectivity index (χ4n) is 5.08. The van der Waals surface area contributed by atoms with Crippen LogP contribution in [-0.2, 0) is 35.2 Å². The van der Waals surface area contributed by atoms with Crippen molar-refractivity contribution < 1.29 is 33.9 Å². The second kappa shape index (κ2) is 18.9. The Balaban J connectivity index is 2.08. The summed E-state index contributed by atoms with van der Waals surface area (Å²) in [5.74, 6) is -3.84. The molecule has 1 heterocycles. The average molecular weight is 661 g/mol. The Labute approximate surface area is 273 Å². The molecule has 47 heavy (non-hydrogen) atoms. The van der Waals surface area contributed by atoms with Crippen molar-refractivity contribution in [3.8, 4) is 5.75 Å². The number of hydrogen-bond acceptors (Lipinski definition) is 9. The molecule has 0 spiro atoms. The van der Waals surface area contributed by atoms with Gasteiger partial charge in [0.25, 0.3) is 0 Å². The van der Waals surface area contributed by atoms with Crippen LogP contribution >= 0.6 is 0 Å². The summed E-state index contributed by atoms with van der Waals surface area (Å²) in [6.45, 7) is 3.39. The summed E-state index contributed by atoms with van der Waals surface area (Å²) >= 11 is 0. The van der Waals surface area contributed by atoms with E-state index in [4.69, 9.17) is 22.6 Å². The SMILES string of the molecule is CC(C)C[C@H](NC(=O)CNC(=O)[C@@H](N)Cc1ccc(O)cc1)C(=O)N[C@@H](CCCNC(=N)N)C(=O)N1CCC[C@H]1C(=O)NCC(N)=O. The zero-order chi connectivity index (χ0) is 35.1. The first-order valence-electron chi connectivity index (χ1n) is 15.5. The summed E-state index contributed by atoms with van der Waals surface area (Å²) in [5.41, 5.74) is 17.2. The van der Waals surface area contributed by atoms with E-state index in [1.807, 2.05) is 13.8 Å². The molecule has 1 fully saturated rings. The maximum atomic E-state index is 13.7. The van der Waals surface area contributed by atoms with E-state index in [-0.39, 0.29) is 56.5 Å². The Morgan fingerprint density at radius 2 is 1.64 bits per heavy atom. The van der Waals surface area contributed by atoms with Crippen LogP contribution in [0.3, 0.4) is 0 Å². The second-order valence-corrected chi connectivity index (χ2v) is 11.9. The topological polar surface area (TPSA) is 288 Å². The largest absolute Gasteiger partial charge is 0.508 e. The second-order valence-electron chi connectivity index (χ2n) is 11.9. The van der Waals surface area contributed by atoms with Crippen LogP contribution < -0.4 is 43.8 Å². The molecule has 13 N–H and O–H groups in total. The summed E-state index contributed by atoms with van der Waals surface area (Å²) in [5, 5.41) is 29.7. The van der Waals surface area contributed by atoms with E-state index in [2.05, 4.69) is 26.6 Å². The molecule has 0 radical (unpaired) electrons. The van der Waals surface area contributed by atoms with E-state index in [0.29, 0.717) is 19.3 Å². The van der Waals surface area contributed by atoms with Gasteiger partial charge >= 0.3 is 0 Å². The highest BCUT2D eigenvalue weighted by Gasteiger charge is 2.38. The highest BCUT2D eigenvalue weighted by Crippen LogP contribution is 2.20. The lowest BCUT2D eigenvalue weighted by Gasteiger charge is -2.30. The molecule has 2 rings (SSSR count). The molecule has 6 amide bonds. The Bertz CT molecular complexity index is 1270. The van der Waals surface area contributed by atoms with Gasteiger partial charge in [0, 0.05) is 13.1 Å². The van der Waals surface area contributed by atoms with Gasteiger partial charge in [-0.05, 0) is 62.1 Å². The standard InChI is InChI=1S/C30H48N10O7/c1-17(2)13-22(38-25(43)16-37-26(44)20(31)14-18-7-9-19(41)10-8-18)27(45)39-21(5-3-11-35-30(33)34)29(47)40-12-4-6-23(40)28(46)36-15-24(32)42/h7-10,17,20-23,41H,3-6,11-16,31H2,1-2H3,(H2,32,42)(H,36,46)(H,37,44)(H,38,43)(H,39,45)(H4,33,34,35)/t20-,21-,22-,23-/m0/s1. The molecule has 1 saturated heterocycles. The van der Waals surface area contributed by atoms with Crippen molar-refractivity contribution in [3.05, 3.63) is 29.8 Å². The van der Waals surface area contributed by atoms with E-state index in [9.17, 15) is 33.9 Å². The number of primary amides is 1. The third kappa shape index (κ3) is 13.5. The van der Waals surface area contributed by atoms with Crippen LogP contribution in [0.2, 0.25) is 0 Å². The van der Waals surface area contributed by atoms with E-state index in [1.54, 1.807) is 12.1 Å². The van der Waals surface area contributed by atoms with Crippen molar-refractivity contribution >= 4 is 41.4 Å². The predicted octanol–water partition coefficient (Wildman–Crippen LogP) is -2.75. The zero-order valence-corrected chi connectivity index (χ0v) is 26.8. The van der Waals surface area contributed by atoms with Crippen LogP contribution in [0.15, 0.2) is 24.3 Å². The summed E-state index contributed by atoms with van der Waals surface area (Å²) in [7, 11) is 0. The molecule has 1 aliphatic rings. The monoisotopic (exact) mass is 660 g/mol. The first-order chi connectivity index (χ1) is 22.2. The van der Waals surface area contributed by atoms with Gasteiger partial charge in [-0.25, -0.2) is 0 Å². The Morgan fingerprint density at radius 1 is 0.957 bits per heavy atom. The number of phenolic OH excluding ortho intramolecular Hbond substituents is 1. The summed E-state index contributed by atoms with van der Waals surface area (Å²) in [6, 6.07) is 2.26. The maximum Gasteiger partial charge on any atom is 0.245 e. The maximum absolute atomic E-state index is 13.7. The number of aromatic hydroxyl groups is 1. The molecule has 0 aromatic heterocycles. The smallest absolute Gasteiger partial charge is 0.245 e. The number of nitrogens with one attached hydrogen (secondary N) is 6. The lowest BCUT2D eigenvalue weighted by atomic mass is 10.0. The number of rotatable bonds is 18. The Kier molecular flexibility index (Phi) is 15.4. The fourth-order valence-corrected chi connectivity index (χ4v) is 5.08. The number of carbonyl (C=O) groups is 6. The van der Waals surface area contributed by atoms with Gasteiger partial charge in [-0.15, -0.1) is 0 Å². The summed E-state index contributed by atoms with van der Waals surface area (Å²) in [6.07, 6.45) is 1.76. The average Bonchev–Trinajstić information content (AvgIpc) is 3.50. The van der Waals surface area contributed by atoms with Crippen molar-refractivity contribution in [2.24, 2.45) is 23.1 Å². The van der Waals surface area contributed by atoms with Gasteiger partial charge in [0.15, 0.2) is 5.96 Å². The number of likely N-dealkylation sites (tertiary alicyclic amines) is 1. The number of benzene rings is 1. The minimum Gasteiger partial charge on any atom is -0.508 e. The van der Waals surface area contributed by atoms with Crippen LogP contribution in [0.5, 0.6) is 5.75 Å². The van der Waals surface area contributed by atoms with Gasteiger partial charge in [-0.2, -0.15) is 0 Å². The van der Waals surface area contributed by atoms with E-state index < -0.39 is 66.2 Å². The first kappa shape index (κ1) is 38.3. The molecule has 0 aliphatic carbocycles. The number of carbonyl (C=O) groups excluding carboxylic acids is 6. The van der Waals surface area contributed by atoms with Gasteiger partial charge in [0.1, 0.15) is 23.9 Å². The minimum absolute atomic E-state index is 0.0368. The molecule has 1 aromatic rings. The predicted molar refractivity (Wildman–Crippen MR) is 172 cm³/mol. The molecular formula is C30H48N10O7. The van der Waals surface area contributed by atoms with E-state index in [1.165, 1.54) is 17.0 Å². The number of nitrogens with two attached hydrogens (primary N) is 3. The van der Waals surface area contributed by atoms with E-state index in [0.717, 1.165) is 5.56 Å². The molecule has 1 aliphatic heterocycles. The molecule has 17 nitrogen and oxygen atoms in total. The zero-order valence-electron chi connectivity index (χ0n) is 26.8. The lowest BCUT2D eigenvalue weighted by Crippen LogP contribution is -2.57. The minimum atomic E-state index is -1.08. The molecule has 17 heteroatoms. The van der Waals surface area contributed by atoms with E-state index >= 15 is 0 Å². The third-order valence-electron chi connectivity index (χ3n) is 7.39. The fraction of sp³-hybridized carbons (Fsp3) is 0.567. The molecule has 260 valence electrons. The molecule has 0 unspecified atom stereocenters. The lowest BCUT2D eigenvalue weighted by molar-refractivity contribution is -0.142. The van der Waals surface area contributed by atoms with Crippen molar-refractivity contribution in [2.75, 3.05) is 26.2 Å². The van der Waals surface area contributed by atoms with Gasteiger partial charge in [0.2, 0.25) is 35.4 Å². The van der Waals surface area contributed by atoms with Crippen LogP contribution in [0, 0.1) is 11.3 Å². The summed E-state index contributed by atoms with van der Waals surface area (Å²) in [4.78, 5) is 77.8. The van der Waals surface area contributed by atoms with Crippen molar-refractivity contribution in [2.45, 2.75) is 76.5 Å². The van der Waals surface area contributed by atoms with Crippen LogP contribution in [-0.4, -0.2) is 102 Å². The highest BCUT2D eigenvalue weighted by atomic mass is 16.3. The quantitative estimate of drug-likeness (QED) is 0.0440. The molecular weight excluding hydrogens is 612 g/mol. The Morgan fingerprint density at radius 3 is 2.26 bits per heavy atom. The summed E-state index contributed by atoms with van der Waals surface area (Å²) < 4.78 is 0. The number of nitrogens with zero attached hydrogens (tertiary/aromatic N) is 1. The van der Waals surface area contributed by atoms with Crippen molar-refractivity contribution in [3.63, 3.8) is 0 Å². The molecule has 0 bridgehead atoms.